The van der Waals surface area contributed by atoms with Crippen molar-refractivity contribution in [1.29, 1.82) is 0 Å². The van der Waals surface area contributed by atoms with E-state index in [0.29, 0.717) is 12.1 Å². The van der Waals surface area contributed by atoms with Gasteiger partial charge >= 0.3 is 30.5 Å². The minimum Gasteiger partial charge on any atom is -0.465 e. The molecule has 0 aliphatic carbocycles. The average Bonchev–Trinajstić information content (AvgIpc) is 2.75. The van der Waals surface area contributed by atoms with Crippen molar-refractivity contribution in [1.82, 2.24) is 0 Å². The van der Waals surface area contributed by atoms with Crippen LogP contribution in [0.3, 0.4) is 0 Å². The summed E-state index contributed by atoms with van der Waals surface area (Å²) < 4.78 is 121. The van der Waals surface area contributed by atoms with Crippen LogP contribution in [0, 0.1) is 0 Å². The second kappa shape index (κ2) is 11.1. The number of hydrogen-bond acceptors (Lipinski definition) is 4. The number of carbonyl (C=O) groups is 2. The third kappa shape index (κ3) is 8.60. The van der Waals surface area contributed by atoms with E-state index in [0.717, 1.165) is 26.4 Å². The molecule has 0 atom stereocenters. The summed E-state index contributed by atoms with van der Waals surface area (Å²) in [4.78, 5) is 22.3. The quantitative estimate of drug-likeness (QED) is 0.282. The number of alkyl halides is 9. The van der Waals surface area contributed by atoms with Crippen molar-refractivity contribution in [2.45, 2.75) is 18.5 Å². The van der Waals surface area contributed by atoms with Crippen molar-refractivity contribution in [3.05, 3.63) is 75.3 Å². The highest BCUT2D eigenvalue weighted by Crippen LogP contribution is 2.37. The second-order valence-electron chi connectivity index (χ2n) is 6.48. The summed E-state index contributed by atoms with van der Waals surface area (Å²) in [7, 11) is 2.01. The number of halogens is 10. The second-order valence-corrected chi connectivity index (χ2v) is 7.40. The molecule has 0 radical (unpaired) electrons. The zero-order chi connectivity index (χ0) is 27.4. The van der Waals surface area contributed by atoms with Gasteiger partial charge in [0.05, 0.1) is 42.0 Å². The van der Waals surface area contributed by atoms with Crippen molar-refractivity contribution in [2.75, 3.05) is 14.2 Å². The number of hydrogen-bond donors (Lipinski definition) is 0. The summed E-state index contributed by atoms with van der Waals surface area (Å²) in [6.07, 6.45) is -14.3. The maximum atomic E-state index is 12.6. The lowest BCUT2D eigenvalue weighted by Gasteiger charge is -2.14. The van der Waals surface area contributed by atoms with E-state index in [1.165, 1.54) is 6.07 Å². The summed E-state index contributed by atoms with van der Waals surface area (Å²) in [5.74, 6) is -1.98. The van der Waals surface area contributed by atoms with Crippen molar-refractivity contribution >= 4 is 33.4 Å². The SMILES string of the molecule is C=C(c1cc(C(=O)OC)cc(C(F)(F)F)c1)C(F)(F)F.COC(=O)c1cc(Br)cc(C(F)(F)F)c1. The number of esters is 2. The van der Waals surface area contributed by atoms with Crippen LogP contribution in [0.5, 0.6) is 0 Å². The van der Waals surface area contributed by atoms with Crippen LogP contribution in [0.2, 0.25) is 0 Å². The Morgan fingerprint density at radius 2 is 1.06 bits per heavy atom. The van der Waals surface area contributed by atoms with Gasteiger partial charge in [-0.15, -0.1) is 0 Å². The van der Waals surface area contributed by atoms with Crippen molar-refractivity contribution < 1.29 is 58.6 Å². The predicted molar refractivity (Wildman–Crippen MR) is 108 cm³/mol. The molecule has 192 valence electrons. The summed E-state index contributed by atoms with van der Waals surface area (Å²) in [6.45, 7) is 2.70. The van der Waals surface area contributed by atoms with Gasteiger partial charge in [-0.3, -0.25) is 0 Å². The van der Waals surface area contributed by atoms with E-state index in [9.17, 15) is 49.1 Å². The highest BCUT2D eigenvalue weighted by molar-refractivity contribution is 9.10. The van der Waals surface area contributed by atoms with Crippen LogP contribution in [0.1, 0.15) is 37.4 Å². The first kappa shape index (κ1) is 30.0. The first-order valence-electron chi connectivity index (χ1n) is 8.84. The molecule has 0 spiro atoms. The molecule has 0 fully saturated rings. The average molecular weight is 581 g/mol. The Labute approximate surface area is 200 Å². The normalized spacial score (nSPS) is 11.8. The minimum absolute atomic E-state index is 0.140. The fraction of sp³-hybridized carbons (Fsp3) is 0.238. The van der Waals surface area contributed by atoms with Crippen LogP contribution < -0.4 is 0 Å². The van der Waals surface area contributed by atoms with Crippen molar-refractivity contribution in [3.8, 4) is 0 Å². The van der Waals surface area contributed by atoms with Gasteiger partial charge < -0.3 is 9.47 Å². The van der Waals surface area contributed by atoms with Gasteiger partial charge in [0, 0.05) is 4.47 Å². The molecule has 0 saturated heterocycles. The van der Waals surface area contributed by atoms with Gasteiger partial charge in [-0.1, -0.05) is 22.5 Å². The Bertz CT molecular complexity index is 1100. The Morgan fingerprint density at radius 3 is 1.43 bits per heavy atom. The van der Waals surface area contributed by atoms with Crippen molar-refractivity contribution in [3.63, 3.8) is 0 Å². The molecule has 2 aromatic carbocycles. The highest BCUT2D eigenvalue weighted by atomic mass is 79.9. The molecule has 35 heavy (non-hydrogen) atoms. The van der Waals surface area contributed by atoms with E-state index >= 15 is 0 Å². The standard InChI is InChI=1S/C12H8F6O2.C9H6BrF3O2/c1-6(11(13,14)15)7-3-8(10(19)20-2)5-9(4-7)12(16,17)18;1-15-8(14)5-2-6(9(11,12)13)4-7(10)3-5/h3-5H,1H2,2H3;2-4H,1H3. The van der Waals surface area contributed by atoms with E-state index in [4.69, 9.17) is 0 Å². The fourth-order valence-corrected chi connectivity index (χ4v) is 2.85. The summed E-state index contributed by atoms with van der Waals surface area (Å²) in [5, 5.41) is 0. The van der Waals surface area contributed by atoms with Gasteiger partial charge in [-0.25, -0.2) is 9.59 Å². The molecule has 0 heterocycles. The van der Waals surface area contributed by atoms with Gasteiger partial charge in [0.25, 0.3) is 0 Å². The Hall–Kier alpha value is -3.03. The Kier molecular flexibility index (Phi) is 9.55. The van der Waals surface area contributed by atoms with Crippen LogP contribution in [-0.2, 0) is 21.8 Å². The van der Waals surface area contributed by atoms with E-state index < -0.39 is 58.3 Å². The van der Waals surface area contributed by atoms with E-state index in [-0.39, 0.29) is 16.1 Å². The molecule has 0 aliphatic heterocycles. The lowest BCUT2D eigenvalue weighted by Crippen LogP contribution is -2.14. The van der Waals surface area contributed by atoms with Crippen LogP contribution in [0.25, 0.3) is 5.57 Å². The molecule has 2 rings (SSSR count). The third-order valence-corrected chi connectivity index (χ3v) is 4.48. The predicted octanol–water partition coefficient (Wildman–Crippen LogP) is 7.32. The largest absolute Gasteiger partial charge is 0.465 e. The zero-order valence-corrected chi connectivity index (χ0v) is 19.2. The maximum Gasteiger partial charge on any atom is 0.416 e. The number of allylic oxidation sites excluding steroid dienone is 1. The maximum absolute atomic E-state index is 12.6. The van der Waals surface area contributed by atoms with Gasteiger partial charge in [0.15, 0.2) is 0 Å². The molecule has 0 unspecified atom stereocenters. The van der Waals surface area contributed by atoms with Crippen molar-refractivity contribution in [2.24, 2.45) is 0 Å². The molecule has 14 heteroatoms. The van der Waals surface area contributed by atoms with E-state index in [1.807, 2.05) is 0 Å². The molecule has 0 aliphatic rings. The highest BCUT2D eigenvalue weighted by Gasteiger charge is 2.37. The summed E-state index contributed by atoms with van der Waals surface area (Å²) in [6, 6.07) is 4.25. The molecule has 2 aromatic rings. The number of methoxy groups -OCH3 is 2. The van der Waals surface area contributed by atoms with Crippen LogP contribution >= 0.6 is 15.9 Å². The number of rotatable bonds is 3. The molecular weight excluding hydrogens is 567 g/mol. The molecule has 4 nitrogen and oxygen atoms in total. The van der Waals surface area contributed by atoms with Crippen LogP contribution in [0.15, 0.2) is 47.4 Å². The Morgan fingerprint density at radius 1 is 0.686 bits per heavy atom. The molecule has 0 aromatic heterocycles. The molecule has 0 saturated carbocycles. The van der Waals surface area contributed by atoms with Gasteiger partial charge in [-0.2, -0.15) is 39.5 Å². The van der Waals surface area contributed by atoms with Crippen LogP contribution in [-0.4, -0.2) is 32.3 Å². The minimum atomic E-state index is -4.91. The third-order valence-electron chi connectivity index (χ3n) is 4.02. The number of carbonyl (C=O) groups excluding carboxylic acids is 2. The summed E-state index contributed by atoms with van der Waals surface area (Å²) in [5.41, 5.74) is -5.37. The monoisotopic (exact) mass is 580 g/mol. The fourth-order valence-electron chi connectivity index (χ4n) is 2.35. The van der Waals surface area contributed by atoms with Gasteiger partial charge in [0.2, 0.25) is 0 Å². The lowest BCUT2D eigenvalue weighted by molar-refractivity contribution is -0.138. The lowest BCUT2D eigenvalue weighted by atomic mass is 10.00. The van der Waals surface area contributed by atoms with Crippen LogP contribution in [0.4, 0.5) is 39.5 Å². The molecule has 0 amide bonds. The number of ether oxygens (including phenoxy) is 2. The van der Waals surface area contributed by atoms with E-state index in [2.05, 4.69) is 32.0 Å². The Balaban J connectivity index is 0.000000365. The van der Waals surface area contributed by atoms with E-state index in [1.54, 1.807) is 0 Å². The zero-order valence-electron chi connectivity index (χ0n) is 17.6. The molecule has 0 N–H and O–H groups in total. The first-order valence-corrected chi connectivity index (χ1v) is 9.63. The van der Waals surface area contributed by atoms with Gasteiger partial charge in [-0.05, 0) is 42.0 Å². The van der Waals surface area contributed by atoms with Gasteiger partial charge in [0.1, 0.15) is 0 Å². The first-order chi connectivity index (χ1) is 15.8. The molecular formula is C21H14BrF9O4. The number of benzene rings is 2. The summed E-state index contributed by atoms with van der Waals surface area (Å²) >= 11 is 2.90. The smallest absolute Gasteiger partial charge is 0.416 e. The molecule has 0 bridgehead atoms. The topological polar surface area (TPSA) is 52.6 Å².